The second-order valence-corrected chi connectivity index (χ2v) is 6.06. The zero-order valence-corrected chi connectivity index (χ0v) is 13.7. The van der Waals surface area contributed by atoms with Gasteiger partial charge in [-0.25, -0.2) is 4.79 Å². The smallest absolute Gasteiger partial charge is 0.329 e. The average molecular weight is 312 g/mol. The van der Waals surface area contributed by atoms with Gasteiger partial charge >= 0.3 is 5.97 Å². The quantitative estimate of drug-likeness (QED) is 0.942. The van der Waals surface area contributed by atoms with Gasteiger partial charge in [-0.1, -0.05) is 29.8 Å². The van der Waals surface area contributed by atoms with E-state index in [0.717, 1.165) is 16.7 Å². The maximum atomic E-state index is 12.6. The molecule has 1 aromatic carbocycles. The Labute approximate surface area is 135 Å². The number of carbonyl (C=O) groups is 2. The van der Waals surface area contributed by atoms with Crippen molar-refractivity contribution in [3.63, 3.8) is 0 Å². The van der Waals surface area contributed by atoms with E-state index in [4.69, 9.17) is 0 Å². The maximum absolute atomic E-state index is 12.6. The van der Waals surface area contributed by atoms with Crippen molar-refractivity contribution in [2.75, 3.05) is 7.05 Å². The van der Waals surface area contributed by atoms with Gasteiger partial charge in [0.05, 0.1) is 5.56 Å². The van der Waals surface area contributed by atoms with Crippen molar-refractivity contribution in [2.45, 2.75) is 26.3 Å². The van der Waals surface area contributed by atoms with Gasteiger partial charge in [-0.05, 0) is 32.4 Å². The minimum Gasteiger partial charge on any atom is -0.480 e. The summed E-state index contributed by atoms with van der Waals surface area (Å²) >= 11 is 0. The Balaban J connectivity index is 2.37. The highest BCUT2D eigenvalue weighted by Gasteiger charge is 2.35. The molecular formula is C18H20N2O3. The molecule has 1 N–H and O–H groups in total. The number of amides is 1. The van der Waals surface area contributed by atoms with Gasteiger partial charge in [0.15, 0.2) is 0 Å². The number of nitrogens with zero attached hydrogens (tertiary/aromatic N) is 2. The van der Waals surface area contributed by atoms with Crippen molar-refractivity contribution >= 4 is 11.9 Å². The van der Waals surface area contributed by atoms with E-state index < -0.39 is 11.5 Å². The molecule has 1 amide bonds. The Bertz CT molecular complexity index is 753. The van der Waals surface area contributed by atoms with Crippen LogP contribution in [0.2, 0.25) is 0 Å². The molecule has 0 atom stereocenters. The Morgan fingerprint density at radius 3 is 2.43 bits per heavy atom. The van der Waals surface area contributed by atoms with Crippen LogP contribution in [-0.2, 0) is 4.79 Å². The zero-order valence-electron chi connectivity index (χ0n) is 13.7. The molecule has 1 heterocycles. The fraction of sp³-hybridized carbons (Fsp3) is 0.278. The molecule has 0 unspecified atom stereocenters. The molecule has 1 aromatic heterocycles. The summed E-state index contributed by atoms with van der Waals surface area (Å²) in [5, 5.41) is 9.26. The van der Waals surface area contributed by atoms with Crippen molar-refractivity contribution in [3.05, 3.63) is 53.9 Å². The fourth-order valence-electron chi connectivity index (χ4n) is 2.13. The number of likely N-dealkylation sites (N-methyl/N-ethyl adjacent to an activating group) is 1. The number of hydrogen-bond acceptors (Lipinski definition) is 3. The Kier molecular flexibility index (Phi) is 4.50. The zero-order chi connectivity index (χ0) is 17.2. The van der Waals surface area contributed by atoms with Crippen LogP contribution < -0.4 is 0 Å². The first-order valence-electron chi connectivity index (χ1n) is 7.27. The van der Waals surface area contributed by atoms with E-state index in [2.05, 4.69) is 4.98 Å². The lowest BCUT2D eigenvalue weighted by Gasteiger charge is -2.31. The van der Waals surface area contributed by atoms with Gasteiger partial charge in [-0.2, -0.15) is 0 Å². The highest BCUT2D eigenvalue weighted by Crippen LogP contribution is 2.22. The molecule has 120 valence electrons. The summed E-state index contributed by atoms with van der Waals surface area (Å²) in [5.74, 6) is -1.43. The number of hydrogen-bond donors (Lipinski definition) is 1. The SMILES string of the molecule is Cc1cccc(-c2cncc(C(=O)N(C)C(C)(C)C(=O)O)c2)c1. The van der Waals surface area contributed by atoms with E-state index >= 15 is 0 Å². The number of aromatic nitrogens is 1. The van der Waals surface area contributed by atoms with Gasteiger partial charge in [-0.15, -0.1) is 0 Å². The first kappa shape index (κ1) is 16.7. The van der Waals surface area contributed by atoms with Crippen molar-refractivity contribution in [1.82, 2.24) is 9.88 Å². The monoisotopic (exact) mass is 312 g/mol. The van der Waals surface area contributed by atoms with E-state index in [1.54, 1.807) is 12.3 Å². The van der Waals surface area contributed by atoms with Crippen LogP contribution in [0.1, 0.15) is 29.8 Å². The topological polar surface area (TPSA) is 70.5 Å². The summed E-state index contributed by atoms with van der Waals surface area (Å²) in [4.78, 5) is 29.2. The second-order valence-electron chi connectivity index (χ2n) is 6.06. The molecule has 0 fully saturated rings. The van der Waals surface area contributed by atoms with E-state index in [9.17, 15) is 14.7 Å². The normalized spacial score (nSPS) is 11.1. The van der Waals surface area contributed by atoms with Crippen molar-refractivity contribution in [1.29, 1.82) is 0 Å². The Morgan fingerprint density at radius 2 is 1.83 bits per heavy atom. The van der Waals surface area contributed by atoms with Crippen molar-refractivity contribution < 1.29 is 14.7 Å². The second kappa shape index (κ2) is 6.20. The van der Waals surface area contributed by atoms with Crippen molar-refractivity contribution in [2.24, 2.45) is 0 Å². The summed E-state index contributed by atoms with van der Waals surface area (Å²) in [6.45, 7) is 4.98. The molecule has 0 aliphatic carbocycles. The number of carboxylic acids is 1. The lowest BCUT2D eigenvalue weighted by molar-refractivity contribution is -0.147. The van der Waals surface area contributed by atoms with Crippen LogP contribution >= 0.6 is 0 Å². The number of carboxylic acid groups (broad SMARTS) is 1. The molecule has 5 nitrogen and oxygen atoms in total. The molecule has 2 rings (SSSR count). The van der Waals surface area contributed by atoms with Gasteiger partial charge in [0.25, 0.3) is 5.91 Å². The number of carbonyl (C=O) groups excluding carboxylic acids is 1. The standard InChI is InChI=1S/C18H20N2O3/c1-12-6-5-7-13(8-12)14-9-15(11-19-10-14)16(21)20(4)18(2,3)17(22)23/h5-11H,1-4H3,(H,22,23). The third-order valence-electron chi connectivity index (χ3n) is 4.00. The lowest BCUT2D eigenvalue weighted by Crippen LogP contribution is -2.50. The van der Waals surface area contributed by atoms with E-state index in [1.165, 1.54) is 32.0 Å². The number of rotatable bonds is 4. The molecule has 0 spiro atoms. The van der Waals surface area contributed by atoms with Crippen LogP contribution in [0.25, 0.3) is 11.1 Å². The minimum atomic E-state index is -1.30. The number of pyridine rings is 1. The predicted octanol–water partition coefficient (Wildman–Crippen LogP) is 2.99. The third kappa shape index (κ3) is 3.39. The molecule has 5 heteroatoms. The highest BCUT2D eigenvalue weighted by molar-refractivity contribution is 5.98. The summed E-state index contributed by atoms with van der Waals surface area (Å²) in [5.41, 5.74) is 1.97. The number of aliphatic carboxylic acids is 1. The molecule has 0 radical (unpaired) electrons. The first-order chi connectivity index (χ1) is 10.7. The van der Waals surface area contributed by atoms with Crippen LogP contribution in [0.3, 0.4) is 0 Å². The summed E-state index contributed by atoms with van der Waals surface area (Å²) < 4.78 is 0. The molecule has 0 aliphatic rings. The van der Waals surface area contributed by atoms with Crippen LogP contribution in [0.4, 0.5) is 0 Å². The number of aryl methyl sites for hydroxylation is 1. The Morgan fingerprint density at radius 1 is 1.13 bits per heavy atom. The largest absolute Gasteiger partial charge is 0.480 e. The van der Waals surface area contributed by atoms with E-state index in [1.807, 2.05) is 31.2 Å². The molecule has 0 saturated carbocycles. The van der Waals surface area contributed by atoms with E-state index in [-0.39, 0.29) is 5.91 Å². The minimum absolute atomic E-state index is 0.362. The number of benzene rings is 1. The summed E-state index contributed by atoms with van der Waals surface area (Å²) in [6, 6.07) is 9.63. The summed E-state index contributed by atoms with van der Waals surface area (Å²) in [7, 11) is 1.48. The molecule has 0 bridgehead atoms. The van der Waals surface area contributed by atoms with Crippen LogP contribution in [0.15, 0.2) is 42.7 Å². The van der Waals surface area contributed by atoms with Gasteiger partial charge in [0, 0.05) is 25.0 Å². The van der Waals surface area contributed by atoms with Crippen LogP contribution in [0.5, 0.6) is 0 Å². The van der Waals surface area contributed by atoms with Crippen LogP contribution in [0, 0.1) is 6.92 Å². The fourth-order valence-corrected chi connectivity index (χ4v) is 2.13. The van der Waals surface area contributed by atoms with Crippen LogP contribution in [-0.4, -0.2) is 39.5 Å². The van der Waals surface area contributed by atoms with Gasteiger partial charge in [0.1, 0.15) is 5.54 Å². The van der Waals surface area contributed by atoms with Gasteiger partial charge < -0.3 is 10.0 Å². The molecule has 0 saturated heterocycles. The Hall–Kier alpha value is -2.69. The molecule has 23 heavy (non-hydrogen) atoms. The molecule has 0 aliphatic heterocycles. The average Bonchev–Trinajstić information content (AvgIpc) is 2.53. The van der Waals surface area contributed by atoms with E-state index in [0.29, 0.717) is 5.56 Å². The highest BCUT2D eigenvalue weighted by atomic mass is 16.4. The van der Waals surface area contributed by atoms with Gasteiger partial charge in [-0.3, -0.25) is 9.78 Å². The summed E-state index contributed by atoms with van der Waals surface area (Å²) in [6.07, 6.45) is 3.14. The molecule has 2 aromatic rings. The van der Waals surface area contributed by atoms with Crippen molar-refractivity contribution in [3.8, 4) is 11.1 Å². The maximum Gasteiger partial charge on any atom is 0.329 e. The third-order valence-corrected chi connectivity index (χ3v) is 4.00. The molecular weight excluding hydrogens is 292 g/mol. The lowest BCUT2D eigenvalue weighted by atomic mass is 10.0. The predicted molar refractivity (Wildman–Crippen MR) is 88.2 cm³/mol. The first-order valence-corrected chi connectivity index (χ1v) is 7.27. The van der Waals surface area contributed by atoms with Gasteiger partial charge in [0.2, 0.25) is 0 Å².